The fourth-order valence-corrected chi connectivity index (χ4v) is 2.69. The van der Waals surface area contributed by atoms with Crippen molar-refractivity contribution in [2.45, 2.75) is 39.3 Å². The average molecular weight is 476 g/mol. The van der Waals surface area contributed by atoms with E-state index in [-0.39, 0.29) is 24.8 Å². The Morgan fingerprint density at radius 3 is 2.07 bits per heavy atom. The number of hydrogen-bond acceptors (Lipinski definition) is 4. The van der Waals surface area contributed by atoms with Gasteiger partial charge in [-0.25, -0.2) is 4.79 Å². The van der Waals surface area contributed by atoms with Gasteiger partial charge in [-0.05, 0) is 56.2 Å². The van der Waals surface area contributed by atoms with Gasteiger partial charge in [0, 0.05) is 16.7 Å². The van der Waals surface area contributed by atoms with Gasteiger partial charge < -0.3 is 20.7 Å². The SMILES string of the molecule is CC(C)(C)OC(=O)NCC(=O)NCc1ccc(NC(=O)Cc2ccc(Br)cc2)cc1. The molecule has 160 valence electrons. The van der Waals surface area contributed by atoms with Gasteiger partial charge in [0.05, 0.1) is 6.42 Å². The van der Waals surface area contributed by atoms with Crippen LogP contribution in [0.25, 0.3) is 0 Å². The summed E-state index contributed by atoms with van der Waals surface area (Å²) in [4.78, 5) is 35.6. The van der Waals surface area contributed by atoms with E-state index in [2.05, 4.69) is 31.9 Å². The van der Waals surface area contributed by atoms with Crippen molar-refractivity contribution in [3.05, 3.63) is 64.1 Å². The van der Waals surface area contributed by atoms with E-state index in [0.29, 0.717) is 12.2 Å². The van der Waals surface area contributed by atoms with Gasteiger partial charge in [-0.15, -0.1) is 0 Å². The molecule has 0 aromatic heterocycles. The average Bonchev–Trinajstić information content (AvgIpc) is 2.66. The van der Waals surface area contributed by atoms with Crippen molar-refractivity contribution in [3.63, 3.8) is 0 Å². The van der Waals surface area contributed by atoms with Crippen LogP contribution in [0.4, 0.5) is 10.5 Å². The van der Waals surface area contributed by atoms with E-state index in [1.54, 1.807) is 32.9 Å². The monoisotopic (exact) mass is 475 g/mol. The van der Waals surface area contributed by atoms with E-state index >= 15 is 0 Å². The molecule has 0 aliphatic heterocycles. The molecular weight excluding hydrogens is 450 g/mol. The topological polar surface area (TPSA) is 96.5 Å². The number of carbonyl (C=O) groups is 3. The first-order valence-corrected chi connectivity index (χ1v) is 10.3. The highest BCUT2D eigenvalue weighted by Gasteiger charge is 2.16. The number of nitrogens with one attached hydrogen (secondary N) is 3. The summed E-state index contributed by atoms with van der Waals surface area (Å²) in [6.45, 7) is 5.39. The molecule has 0 bridgehead atoms. The molecule has 3 amide bonds. The molecule has 0 saturated carbocycles. The molecule has 0 aliphatic rings. The van der Waals surface area contributed by atoms with Gasteiger partial charge in [-0.2, -0.15) is 0 Å². The third kappa shape index (κ3) is 9.09. The van der Waals surface area contributed by atoms with Gasteiger partial charge in [-0.1, -0.05) is 40.2 Å². The third-order valence-electron chi connectivity index (χ3n) is 3.80. The maximum Gasteiger partial charge on any atom is 0.408 e. The van der Waals surface area contributed by atoms with Crippen molar-refractivity contribution in [1.82, 2.24) is 10.6 Å². The molecule has 0 aliphatic carbocycles. The molecule has 30 heavy (non-hydrogen) atoms. The summed E-state index contributed by atoms with van der Waals surface area (Å²) < 4.78 is 6.04. The molecule has 0 atom stereocenters. The van der Waals surface area contributed by atoms with Gasteiger partial charge >= 0.3 is 6.09 Å². The van der Waals surface area contributed by atoms with Crippen LogP contribution in [-0.2, 0) is 27.3 Å². The molecule has 7 nitrogen and oxygen atoms in total. The van der Waals surface area contributed by atoms with Gasteiger partial charge in [0.1, 0.15) is 12.1 Å². The van der Waals surface area contributed by atoms with Crippen molar-refractivity contribution >= 4 is 39.5 Å². The van der Waals surface area contributed by atoms with Crippen LogP contribution >= 0.6 is 15.9 Å². The van der Waals surface area contributed by atoms with Crippen LogP contribution in [0.5, 0.6) is 0 Å². The van der Waals surface area contributed by atoms with Crippen molar-refractivity contribution in [3.8, 4) is 0 Å². The lowest BCUT2D eigenvalue weighted by atomic mass is 10.1. The van der Waals surface area contributed by atoms with Gasteiger partial charge in [0.2, 0.25) is 11.8 Å². The third-order valence-corrected chi connectivity index (χ3v) is 4.33. The Hall–Kier alpha value is -2.87. The lowest BCUT2D eigenvalue weighted by Gasteiger charge is -2.19. The standard InChI is InChI=1S/C22H26BrN3O4/c1-22(2,3)30-21(29)25-14-20(28)24-13-16-6-10-18(11-7-16)26-19(27)12-15-4-8-17(23)9-5-15/h4-11H,12-14H2,1-3H3,(H,24,28)(H,25,29)(H,26,27). The van der Waals surface area contributed by atoms with Gasteiger partial charge in [0.25, 0.3) is 0 Å². The second kappa shape index (κ2) is 10.8. The number of halogens is 1. The summed E-state index contributed by atoms with van der Waals surface area (Å²) in [5.74, 6) is -0.431. The van der Waals surface area contributed by atoms with Crippen LogP contribution in [0.2, 0.25) is 0 Å². The summed E-state index contributed by atoms with van der Waals surface area (Å²) in [6.07, 6.45) is -0.351. The smallest absolute Gasteiger partial charge is 0.408 e. The molecule has 3 N–H and O–H groups in total. The van der Waals surface area contributed by atoms with E-state index in [0.717, 1.165) is 15.6 Å². The summed E-state index contributed by atoms with van der Waals surface area (Å²) in [6, 6.07) is 14.8. The van der Waals surface area contributed by atoms with E-state index in [9.17, 15) is 14.4 Å². The summed E-state index contributed by atoms with van der Waals surface area (Å²) in [5.41, 5.74) is 1.86. The second-order valence-electron chi connectivity index (χ2n) is 7.68. The molecule has 2 aromatic rings. The Morgan fingerprint density at radius 1 is 0.867 bits per heavy atom. The first kappa shape index (κ1) is 23.4. The molecule has 2 rings (SSSR count). The minimum Gasteiger partial charge on any atom is -0.444 e. The minimum absolute atomic E-state index is 0.105. The summed E-state index contributed by atoms with van der Waals surface area (Å²) in [7, 11) is 0. The number of carbonyl (C=O) groups excluding carboxylic acids is 3. The maximum absolute atomic E-state index is 12.2. The Bertz CT molecular complexity index is 875. The zero-order valence-corrected chi connectivity index (χ0v) is 18.8. The lowest BCUT2D eigenvalue weighted by Crippen LogP contribution is -2.39. The normalized spacial score (nSPS) is 10.8. The Labute approximate surface area is 184 Å². The van der Waals surface area contributed by atoms with E-state index in [4.69, 9.17) is 4.74 Å². The number of rotatable bonds is 7. The number of alkyl carbamates (subject to hydrolysis) is 1. The second-order valence-corrected chi connectivity index (χ2v) is 8.60. The minimum atomic E-state index is -0.638. The van der Waals surface area contributed by atoms with E-state index < -0.39 is 11.7 Å². The molecule has 8 heteroatoms. The first-order valence-electron chi connectivity index (χ1n) is 9.47. The Kier molecular flexibility index (Phi) is 8.41. The van der Waals surface area contributed by atoms with Crippen LogP contribution in [0.3, 0.4) is 0 Å². The highest BCUT2D eigenvalue weighted by Crippen LogP contribution is 2.13. The predicted molar refractivity (Wildman–Crippen MR) is 119 cm³/mol. The van der Waals surface area contributed by atoms with Crippen molar-refractivity contribution in [2.24, 2.45) is 0 Å². The number of hydrogen-bond donors (Lipinski definition) is 3. The lowest BCUT2D eigenvalue weighted by molar-refractivity contribution is -0.120. The van der Waals surface area contributed by atoms with Crippen LogP contribution in [0.15, 0.2) is 53.0 Å². The molecule has 2 aromatic carbocycles. The van der Waals surface area contributed by atoms with Gasteiger partial charge in [-0.3, -0.25) is 9.59 Å². The summed E-state index contributed by atoms with van der Waals surface area (Å²) >= 11 is 3.37. The van der Waals surface area contributed by atoms with Crippen LogP contribution in [0, 0.1) is 0 Å². The van der Waals surface area contributed by atoms with Crippen molar-refractivity contribution in [2.75, 3.05) is 11.9 Å². The quantitative estimate of drug-likeness (QED) is 0.567. The van der Waals surface area contributed by atoms with Crippen LogP contribution in [-0.4, -0.2) is 30.1 Å². The molecule has 0 unspecified atom stereocenters. The van der Waals surface area contributed by atoms with Crippen molar-refractivity contribution < 1.29 is 19.1 Å². The number of anilines is 1. The highest BCUT2D eigenvalue weighted by atomic mass is 79.9. The van der Waals surface area contributed by atoms with E-state index in [1.165, 1.54) is 0 Å². The molecule has 0 spiro atoms. The molecule has 0 heterocycles. The Morgan fingerprint density at radius 2 is 1.47 bits per heavy atom. The number of ether oxygens (including phenoxy) is 1. The largest absolute Gasteiger partial charge is 0.444 e. The molecule has 0 saturated heterocycles. The van der Waals surface area contributed by atoms with Gasteiger partial charge in [0.15, 0.2) is 0 Å². The number of amides is 3. The molecule has 0 radical (unpaired) electrons. The zero-order chi connectivity index (χ0) is 22.1. The molecular formula is C22H26BrN3O4. The number of benzene rings is 2. The maximum atomic E-state index is 12.2. The molecule has 0 fully saturated rings. The highest BCUT2D eigenvalue weighted by molar-refractivity contribution is 9.10. The fraction of sp³-hybridized carbons (Fsp3) is 0.318. The van der Waals surface area contributed by atoms with Crippen LogP contribution < -0.4 is 16.0 Å². The van der Waals surface area contributed by atoms with E-state index in [1.807, 2.05) is 36.4 Å². The summed E-state index contributed by atoms with van der Waals surface area (Å²) in [5, 5.41) is 7.97. The first-order chi connectivity index (χ1) is 14.1. The predicted octanol–water partition coefficient (Wildman–Crippen LogP) is 3.77. The Balaban J connectivity index is 1.73. The van der Waals surface area contributed by atoms with Crippen molar-refractivity contribution in [1.29, 1.82) is 0 Å². The fourth-order valence-electron chi connectivity index (χ4n) is 2.43. The zero-order valence-electron chi connectivity index (χ0n) is 17.3. The van der Waals surface area contributed by atoms with Crippen LogP contribution in [0.1, 0.15) is 31.9 Å².